The fourth-order valence-corrected chi connectivity index (χ4v) is 6.16. The summed E-state index contributed by atoms with van der Waals surface area (Å²) in [5.41, 5.74) is 1.47. The van der Waals surface area contributed by atoms with Crippen molar-refractivity contribution in [1.29, 1.82) is 0 Å². The van der Waals surface area contributed by atoms with Gasteiger partial charge in [0.05, 0.1) is 14.2 Å². The summed E-state index contributed by atoms with van der Waals surface area (Å²) in [5.74, 6) is -1.58. The summed E-state index contributed by atoms with van der Waals surface area (Å²) in [6.45, 7) is 2.00. The van der Waals surface area contributed by atoms with Crippen LogP contribution in [0.3, 0.4) is 0 Å². The zero-order valence-electron chi connectivity index (χ0n) is 32.9. The summed E-state index contributed by atoms with van der Waals surface area (Å²) < 4.78 is 110. The molecule has 0 unspecified atom stereocenters. The van der Waals surface area contributed by atoms with E-state index in [-0.39, 0.29) is 66.4 Å². The monoisotopic (exact) mass is 872 g/mol. The van der Waals surface area contributed by atoms with Crippen molar-refractivity contribution in [2.75, 3.05) is 32.6 Å². The van der Waals surface area contributed by atoms with Crippen LogP contribution in [0.4, 0.5) is 41.5 Å². The minimum Gasteiger partial charge on any atom is -0.497 e. The number of hydrogen-bond donors (Lipinski definition) is 6. The number of ether oxygens (including phenoxy) is 2. The van der Waals surface area contributed by atoms with Gasteiger partial charge in [0.2, 0.25) is 23.6 Å². The molecule has 17 nitrogen and oxygen atoms in total. The molecule has 0 spiro atoms. The molecule has 2 aromatic heterocycles. The molecule has 2 aromatic carbocycles. The number of rotatable bonds is 13. The van der Waals surface area contributed by atoms with E-state index in [2.05, 4.69) is 41.9 Å². The minimum atomic E-state index is -4.29. The van der Waals surface area contributed by atoms with E-state index in [4.69, 9.17) is 19.7 Å². The van der Waals surface area contributed by atoms with Gasteiger partial charge in [0, 0.05) is 92.0 Å². The second-order valence-electron chi connectivity index (χ2n) is 13.4. The van der Waals surface area contributed by atoms with Crippen LogP contribution in [0.25, 0.3) is 0 Å². The fourth-order valence-electron chi connectivity index (χ4n) is 6.16. The first-order chi connectivity index (χ1) is 29.0. The number of aromatic nitrogens is 4. The van der Waals surface area contributed by atoms with Gasteiger partial charge in [0.25, 0.3) is 0 Å². The molecule has 4 heterocycles. The molecule has 0 saturated carbocycles. The predicted molar refractivity (Wildman–Crippen MR) is 200 cm³/mol. The Morgan fingerprint density at radius 1 is 0.885 bits per heavy atom. The first-order valence-electron chi connectivity index (χ1n) is 18.5. The lowest BCUT2D eigenvalue weighted by molar-refractivity contribution is -0.135. The molecule has 4 atom stereocenters. The van der Waals surface area contributed by atoms with Crippen molar-refractivity contribution >= 4 is 29.8 Å². The number of nitrogens with zero attached hydrogens (tertiary/aromatic N) is 4. The number of anilines is 1. The Bertz CT molecular complexity index is 2080. The van der Waals surface area contributed by atoms with Gasteiger partial charge in [0.1, 0.15) is 53.2 Å². The number of nitrogens with one attached hydrogen (secondary N) is 5. The van der Waals surface area contributed by atoms with Crippen LogP contribution >= 0.6 is 0 Å². The minimum absolute atomic E-state index is 0.00781. The Hall–Kier alpha value is -6.46. The van der Waals surface area contributed by atoms with Crippen molar-refractivity contribution in [2.24, 2.45) is 5.84 Å². The number of carbonyl (C=O) groups excluding carboxylic acids is 4. The maximum Gasteiger partial charge on any atom is 0.389 e. The number of halogens is 7. The number of aryl methyl sites for hydroxylation is 1. The molecule has 0 radical (unpaired) electrons. The lowest BCUT2D eigenvalue weighted by atomic mass is 9.93. The largest absolute Gasteiger partial charge is 0.497 e. The maximum atomic E-state index is 14.4. The smallest absolute Gasteiger partial charge is 0.389 e. The number of alkyl halides is 3. The van der Waals surface area contributed by atoms with Gasteiger partial charge >= 0.3 is 18.2 Å². The van der Waals surface area contributed by atoms with Crippen LogP contribution in [0.5, 0.6) is 11.5 Å². The zero-order chi connectivity index (χ0) is 44.9. The van der Waals surface area contributed by atoms with Crippen molar-refractivity contribution in [1.82, 2.24) is 41.1 Å². The summed E-state index contributed by atoms with van der Waals surface area (Å²) in [5, 5.41) is 17.3. The van der Waals surface area contributed by atoms with Gasteiger partial charge < -0.3 is 35.2 Å². The highest BCUT2D eigenvalue weighted by atomic mass is 19.4. The number of hydrogen-bond acceptors (Lipinski definition) is 12. The van der Waals surface area contributed by atoms with E-state index in [0.29, 0.717) is 6.42 Å². The highest BCUT2D eigenvalue weighted by molar-refractivity contribution is 5.90. The summed E-state index contributed by atoms with van der Waals surface area (Å²) in [6, 6.07) is 1.02. The van der Waals surface area contributed by atoms with Gasteiger partial charge in [-0.2, -0.15) is 13.2 Å². The molecule has 0 aliphatic carbocycles. The van der Waals surface area contributed by atoms with E-state index in [1.54, 1.807) is 0 Å². The van der Waals surface area contributed by atoms with E-state index in [1.807, 2.05) is 6.92 Å². The highest BCUT2D eigenvalue weighted by Crippen LogP contribution is 2.34. The lowest BCUT2D eigenvalue weighted by Gasteiger charge is -2.20. The molecule has 2 aliphatic heterocycles. The average molecular weight is 873 g/mol. The number of amides is 4. The first-order valence-corrected chi connectivity index (χ1v) is 18.5. The van der Waals surface area contributed by atoms with Crippen LogP contribution in [0.1, 0.15) is 67.9 Å². The van der Waals surface area contributed by atoms with Crippen molar-refractivity contribution < 1.29 is 63.8 Å². The number of unbranched alkanes of at least 4 members (excludes halogenated alkanes) is 1. The van der Waals surface area contributed by atoms with Gasteiger partial charge in [-0.25, -0.2) is 33.2 Å². The van der Waals surface area contributed by atoms with Gasteiger partial charge in [0.15, 0.2) is 0 Å². The Morgan fingerprint density at radius 2 is 1.43 bits per heavy atom. The molecule has 4 aromatic rings. The molecule has 7 N–H and O–H groups in total. The Balaban J connectivity index is 0.000000231. The number of imidazole rings is 1. The first kappa shape index (κ1) is 47.2. The van der Waals surface area contributed by atoms with Gasteiger partial charge in [-0.1, -0.05) is 18.4 Å². The molecule has 332 valence electrons. The third-order valence-corrected chi connectivity index (χ3v) is 9.21. The van der Waals surface area contributed by atoms with Crippen molar-refractivity contribution in [2.45, 2.75) is 75.5 Å². The van der Waals surface area contributed by atoms with Crippen molar-refractivity contribution in [3.8, 4) is 11.5 Å². The fraction of sp³-hybridized carbons (Fsp3) is 0.432. The predicted octanol–water partition coefficient (Wildman–Crippen LogP) is 4.11. The number of hydrazine groups is 1. The summed E-state index contributed by atoms with van der Waals surface area (Å²) in [6.07, 6.45) is 0.926. The second-order valence-corrected chi connectivity index (χ2v) is 13.4. The molecular formula is C37H43F7N10O7. The third-order valence-electron chi connectivity index (χ3n) is 9.21. The molecule has 6 rings (SSSR count). The van der Waals surface area contributed by atoms with Crippen LogP contribution in [0.15, 0.2) is 47.4 Å². The molecule has 2 fully saturated rings. The Labute approximate surface area is 343 Å². The summed E-state index contributed by atoms with van der Waals surface area (Å²) >= 11 is 0. The molecule has 2 aliphatic rings. The normalized spacial score (nSPS) is 18.1. The van der Waals surface area contributed by atoms with Crippen LogP contribution in [0.2, 0.25) is 0 Å². The Morgan fingerprint density at radius 3 is 1.90 bits per heavy atom. The van der Waals surface area contributed by atoms with E-state index in [9.17, 15) is 49.9 Å². The topological polar surface area (TPSA) is 230 Å². The number of methoxy groups -OCH3 is 2. The van der Waals surface area contributed by atoms with Gasteiger partial charge in [-0.3, -0.25) is 24.4 Å². The molecular weight excluding hydrogens is 829 g/mol. The molecule has 0 bridgehead atoms. The third kappa shape index (κ3) is 13.0. The average Bonchev–Trinajstić information content (AvgIpc) is 4.04. The van der Waals surface area contributed by atoms with Crippen LogP contribution in [0, 0.1) is 23.3 Å². The molecule has 4 amide bonds. The highest BCUT2D eigenvalue weighted by Gasteiger charge is 2.41. The van der Waals surface area contributed by atoms with E-state index in [0.717, 1.165) is 41.7 Å². The van der Waals surface area contributed by atoms with Gasteiger partial charge in [-0.15, -0.1) is 5.10 Å². The van der Waals surface area contributed by atoms with Crippen LogP contribution in [-0.2, 0) is 20.8 Å². The summed E-state index contributed by atoms with van der Waals surface area (Å²) in [7, 11) is 2.56. The molecule has 24 heteroatoms. The van der Waals surface area contributed by atoms with E-state index in [1.165, 1.54) is 32.9 Å². The molecule has 61 heavy (non-hydrogen) atoms. The van der Waals surface area contributed by atoms with Crippen molar-refractivity contribution in [3.05, 3.63) is 83.3 Å². The van der Waals surface area contributed by atoms with Gasteiger partial charge in [-0.05, 0) is 12.8 Å². The quantitative estimate of drug-likeness (QED) is 0.0483. The second kappa shape index (κ2) is 21.7. The van der Waals surface area contributed by atoms with E-state index < -0.39 is 77.6 Å². The standard InChI is InChI=1S/C17H17F5N4O3.C15H14F2N4O3.C5H12N2O/c1-28-8-5-10(18)13(11(19)6-8)9-7-23-15(27)14(9)24-16-26-25-12(29-16)3-2-4-17(20,21)22;1-24-8-4-10(16)12(11(17)5-8)9-6-19-14(22)13(9)20-15(23)21-3-2-18-7-21;1-2-3-4-5(8)7-6/h5-6,9,14H,2-4,7H2,1H3,(H,23,27)(H,24,26);2-5,7,9,13H,6H2,1H3,(H,19,22)(H,20,23);2-4,6H2,1H3,(H,7,8)/t9-,14-;9-,13-;/m00./s1. The zero-order valence-corrected chi connectivity index (χ0v) is 32.9. The number of carbonyl (C=O) groups is 4. The lowest BCUT2D eigenvalue weighted by Crippen LogP contribution is -2.44. The number of nitrogens with two attached hydrogens (primary N) is 1. The van der Waals surface area contributed by atoms with E-state index >= 15 is 0 Å². The maximum absolute atomic E-state index is 14.4. The summed E-state index contributed by atoms with van der Waals surface area (Å²) in [4.78, 5) is 50.3. The number of benzene rings is 2. The van der Waals surface area contributed by atoms with Crippen LogP contribution in [-0.4, -0.2) is 89.1 Å². The Kier molecular flexibility index (Phi) is 16.8. The SMILES string of the molecule is CCCCC(=O)NN.COc1cc(F)c([C@@H]2CNC(=O)[C@H]2NC(=O)n2ccnc2)c(F)c1.COc1cc(F)c([C@@H]2CNC(=O)[C@H]2Nc2nnc(CCCC(F)(F)F)o2)c(F)c1. The van der Waals surface area contributed by atoms with Crippen LogP contribution < -0.4 is 42.0 Å². The molecule has 2 saturated heterocycles. The van der Waals surface area contributed by atoms with Crippen molar-refractivity contribution in [3.63, 3.8) is 0 Å².